The lowest BCUT2D eigenvalue weighted by atomic mass is 9.81. The summed E-state index contributed by atoms with van der Waals surface area (Å²) in [5.41, 5.74) is 2.93. The molecule has 3 aliphatic rings. The highest BCUT2D eigenvalue weighted by Crippen LogP contribution is 2.49. The number of fused-ring (bicyclic) bond motifs is 4. The fourth-order valence-electron chi connectivity index (χ4n) is 5.93. The van der Waals surface area contributed by atoms with Crippen LogP contribution in [0.2, 0.25) is 0 Å². The SMILES string of the molecule is O=C(NCC(F)(F)C(=O)N1C[C@@H]2CCC[C@]2(C(=O)O)C1)OCC1c2ccccc2-c2ccccc21. The highest BCUT2D eigenvalue weighted by atomic mass is 19.3. The number of rotatable bonds is 6. The maximum atomic E-state index is 14.7. The van der Waals surface area contributed by atoms with Crippen LogP contribution in [0.1, 0.15) is 36.3 Å². The van der Waals surface area contributed by atoms with Crippen LogP contribution in [0, 0.1) is 11.3 Å². The molecule has 1 heterocycles. The fraction of sp³-hybridized carbons (Fsp3) is 0.423. The van der Waals surface area contributed by atoms with Crippen molar-refractivity contribution in [2.45, 2.75) is 31.1 Å². The minimum atomic E-state index is -3.87. The number of alkyl carbamates (subject to hydrolysis) is 1. The number of nitrogens with zero attached hydrogens (tertiary/aromatic N) is 1. The van der Waals surface area contributed by atoms with Crippen LogP contribution in [0.5, 0.6) is 0 Å². The van der Waals surface area contributed by atoms with Crippen molar-refractivity contribution in [2.75, 3.05) is 26.2 Å². The zero-order valence-electron chi connectivity index (χ0n) is 19.0. The summed E-state index contributed by atoms with van der Waals surface area (Å²) in [6.07, 6.45) is 0.637. The van der Waals surface area contributed by atoms with Gasteiger partial charge in [0.05, 0.1) is 12.0 Å². The van der Waals surface area contributed by atoms with Crippen LogP contribution in [-0.4, -0.2) is 60.1 Å². The molecule has 1 saturated heterocycles. The molecule has 1 saturated carbocycles. The first kappa shape index (κ1) is 23.3. The average molecular weight is 484 g/mol. The maximum absolute atomic E-state index is 14.7. The quantitative estimate of drug-likeness (QED) is 0.649. The second-order valence-electron chi connectivity index (χ2n) is 9.62. The van der Waals surface area contributed by atoms with Gasteiger partial charge in [-0.05, 0) is 41.0 Å². The number of ether oxygens (including phenoxy) is 1. The van der Waals surface area contributed by atoms with Gasteiger partial charge in [-0.25, -0.2) is 4.79 Å². The molecule has 184 valence electrons. The van der Waals surface area contributed by atoms with Gasteiger partial charge >= 0.3 is 18.0 Å². The number of amides is 2. The van der Waals surface area contributed by atoms with Crippen molar-refractivity contribution in [3.8, 4) is 11.1 Å². The third-order valence-corrected chi connectivity index (χ3v) is 7.70. The molecular formula is C26H26F2N2O5. The maximum Gasteiger partial charge on any atom is 0.407 e. The summed E-state index contributed by atoms with van der Waals surface area (Å²) in [6.45, 7) is -1.49. The van der Waals surface area contributed by atoms with Crippen molar-refractivity contribution < 1.29 is 33.0 Å². The van der Waals surface area contributed by atoms with Gasteiger partial charge in [0.1, 0.15) is 6.61 Å². The number of likely N-dealkylation sites (tertiary alicyclic amines) is 1. The van der Waals surface area contributed by atoms with Gasteiger partial charge in [0.15, 0.2) is 0 Å². The molecule has 0 radical (unpaired) electrons. The zero-order valence-corrected chi connectivity index (χ0v) is 19.0. The number of hydrogen-bond donors (Lipinski definition) is 2. The molecule has 2 N–H and O–H groups in total. The number of carbonyl (C=O) groups is 3. The molecule has 2 aromatic rings. The summed E-state index contributed by atoms with van der Waals surface area (Å²) in [7, 11) is 0. The molecule has 2 amide bonds. The van der Waals surface area contributed by atoms with Crippen molar-refractivity contribution >= 4 is 18.0 Å². The summed E-state index contributed by atoms with van der Waals surface area (Å²) >= 11 is 0. The summed E-state index contributed by atoms with van der Waals surface area (Å²) in [5.74, 6) is -6.92. The summed E-state index contributed by atoms with van der Waals surface area (Å²) in [4.78, 5) is 37.5. The second-order valence-corrected chi connectivity index (χ2v) is 9.62. The third kappa shape index (κ3) is 3.92. The summed E-state index contributed by atoms with van der Waals surface area (Å²) in [5, 5.41) is 11.6. The third-order valence-electron chi connectivity index (χ3n) is 7.70. The van der Waals surface area contributed by atoms with Crippen molar-refractivity contribution in [1.82, 2.24) is 10.2 Å². The Balaban J connectivity index is 1.18. The number of carboxylic acid groups (broad SMARTS) is 1. The van der Waals surface area contributed by atoms with Gasteiger partial charge in [-0.1, -0.05) is 55.0 Å². The standard InChI is InChI=1S/C26H26F2N2O5/c27-26(28,22(31)30-12-16-6-5-11-25(16,15-30)23(32)33)14-29-24(34)35-13-21-19-9-3-1-7-17(19)18-8-2-4-10-20(18)21/h1-4,7-10,16,21H,5-6,11-15H2,(H,29,34)(H,32,33)/t16-,25-/m0/s1. The number of carboxylic acids is 1. The molecule has 2 atom stereocenters. The smallest absolute Gasteiger partial charge is 0.407 e. The molecule has 2 fully saturated rings. The van der Waals surface area contributed by atoms with Gasteiger partial charge in [0.2, 0.25) is 0 Å². The minimum absolute atomic E-state index is 0.00827. The number of alkyl halides is 2. The van der Waals surface area contributed by atoms with E-state index in [4.69, 9.17) is 4.74 Å². The molecule has 5 rings (SSSR count). The van der Waals surface area contributed by atoms with Crippen molar-refractivity contribution in [3.05, 3.63) is 59.7 Å². The Labute approximate surface area is 201 Å². The Morgan fingerprint density at radius 1 is 1.09 bits per heavy atom. The van der Waals surface area contributed by atoms with E-state index < -0.39 is 35.9 Å². The normalized spacial score (nSPS) is 22.9. The molecule has 1 aliphatic heterocycles. The Morgan fingerprint density at radius 3 is 2.31 bits per heavy atom. The van der Waals surface area contributed by atoms with Crippen LogP contribution in [0.15, 0.2) is 48.5 Å². The Kier molecular flexibility index (Phi) is 5.73. The Morgan fingerprint density at radius 2 is 1.71 bits per heavy atom. The average Bonchev–Trinajstić information content (AvgIpc) is 3.51. The number of halogens is 2. The number of carbonyl (C=O) groups excluding carboxylic acids is 2. The van der Waals surface area contributed by atoms with Gasteiger partial charge in [-0.3, -0.25) is 9.59 Å². The van der Waals surface area contributed by atoms with Gasteiger partial charge in [0.25, 0.3) is 5.91 Å². The lowest BCUT2D eigenvalue weighted by molar-refractivity contribution is -0.157. The molecule has 0 bridgehead atoms. The van der Waals surface area contributed by atoms with E-state index in [0.717, 1.165) is 27.2 Å². The molecular weight excluding hydrogens is 458 g/mol. The van der Waals surface area contributed by atoms with E-state index in [2.05, 4.69) is 0 Å². The molecule has 7 nitrogen and oxygen atoms in total. The number of nitrogens with one attached hydrogen (secondary N) is 1. The fourth-order valence-corrected chi connectivity index (χ4v) is 5.93. The molecule has 2 aliphatic carbocycles. The van der Waals surface area contributed by atoms with Crippen LogP contribution in [-0.2, 0) is 14.3 Å². The second kappa shape index (κ2) is 8.62. The van der Waals surface area contributed by atoms with E-state index in [1.54, 1.807) is 0 Å². The van der Waals surface area contributed by atoms with Crippen LogP contribution in [0.25, 0.3) is 11.1 Å². The van der Waals surface area contributed by atoms with Crippen LogP contribution >= 0.6 is 0 Å². The predicted octanol–water partition coefficient (Wildman–Crippen LogP) is 3.87. The van der Waals surface area contributed by atoms with Crippen molar-refractivity contribution in [3.63, 3.8) is 0 Å². The van der Waals surface area contributed by atoms with E-state index >= 15 is 0 Å². The first-order chi connectivity index (χ1) is 16.7. The van der Waals surface area contributed by atoms with Gasteiger partial charge in [-0.15, -0.1) is 0 Å². The van der Waals surface area contributed by atoms with Gasteiger partial charge < -0.3 is 20.1 Å². The highest BCUT2D eigenvalue weighted by Gasteiger charge is 2.58. The van der Waals surface area contributed by atoms with E-state index in [1.807, 2.05) is 53.8 Å². The first-order valence-corrected chi connectivity index (χ1v) is 11.7. The van der Waals surface area contributed by atoms with Crippen LogP contribution < -0.4 is 5.32 Å². The lowest BCUT2D eigenvalue weighted by Gasteiger charge is -2.26. The van der Waals surface area contributed by atoms with Crippen LogP contribution in [0.4, 0.5) is 13.6 Å². The van der Waals surface area contributed by atoms with E-state index in [-0.39, 0.29) is 31.5 Å². The molecule has 0 unspecified atom stereocenters. The first-order valence-electron chi connectivity index (χ1n) is 11.7. The predicted molar refractivity (Wildman–Crippen MR) is 122 cm³/mol. The number of hydrogen-bond acceptors (Lipinski definition) is 4. The summed E-state index contributed by atoms with van der Waals surface area (Å²) in [6, 6.07) is 15.5. The van der Waals surface area contributed by atoms with Gasteiger partial charge in [0, 0.05) is 19.0 Å². The molecule has 35 heavy (non-hydrogen) atoms. The van der Waals surface area contributed by atoms with Gasteiger partial charge in [-0.2, -0.15) is 8.78 Å². The Bertz CT molecular complexity index is 1140. The van der Waals surface area contributed by atoms with Crippen LogP contribution in [0.3, 0.4) is 0 Å². The van der Waals surface area contributed by atoms with E-state index in [0.29, 0.717) is 19.3 Å². The zero-order chi connectivity index (χ0) is 24.8. The number of benzene rings is 2. The van der Waals surface area contributed by atoms with E-state index in [9.17, 15) is 28.3 Å². The largest absolute Gasteiger partial charge is 0.481 e. The summed E-state index contributed by atoms with van der Waals surface area (Å²) < 4.78 is 34.6. The molecule has 0 spiro atoms. The van der Waals surface area contributed by atoms with E-state index in [1.165, 1.54) is 0 Å². The Hall–Kier alpha value is -3.49. The topological polar surface area (TPSA) is 95.9 Å². The lowest BCUT2D eigenvalue weighted by Crippen LogP contribution is -2.50. The highest BCUT2D eigenvalue weighted by molar-refractivity contribution is 5.87. The molecule has 9 heteroatoms. The monoisotopic (exact) mass is 484 g/mol. The van der Waals surface area contributed by atoms with Crippen molar-refractivity contribution in [1.29, 1.82) is 0 Å². The van der Waals surface area contributed by atoms with Crippen molar-refractivity contribution in [2.24, 2.45) is 11.3 Å². The number of aliphatic carboxylic acids is 1. The molecule has 2 aromatic carbocycles. The molecule has 0 aromatic heterocycles. The minimum Gasteiger partial charge on any atom is -0.481 e.